The summed E-state index contributed by atoms with van der Waals surface area (Å²) in [6.07, 6.45) is -4.27. The number of ether oxygens (including phenoxy) is 1. The molecule has 1 aromatic carbocycles. The van der Waals surface area contributed by atoms with E-state index < -0.39 is 22.1 Å². The van der Waals surface area contributed by atoms with Crippen LogP contribution in [0.1, 0.15) is 6.42 Å². The lowest BCUT2D eigenvalue weighted by atomic mass is 10.3. The van der Waals surface area contributed by atoms with Gasteiger partial charge in [-0.25, -0.2) is 12.7 Å². The maximum Gasteiger partial charge on any atom is 0.573 e. The molecule has 0 fully saturated rings. The number of rotatable bonds is 7. The summed E-state index contributed by atoms with van der Waals surface area (Å²) in [5, 5.41) is 2.88. The molecule has 0 amide bonds. The van der Waals surface area contributed by atoms with Crippen molar-refractivity contribution >= 4 is 10.0 Å². The maximum atomic E-state index is 12.2. The Bertz CT molecular complexity index is 561. The minimum Gasteiger partial charge on any atom is -0.406 e. The van der Waals surface area contributed by atoms with E-state index >= 15 is 0 Å². The zero-order valence-electron chi connectivity index (χ0n) is 11.6. The van der Waals surface area contributed by atoms with E-state index in [0.717, 1.165) is 16.4 Å². The number of nitrogens with zero attached hydrogens (tertiary/aromatic N) is 1. The fourth-order valence-corrected chi connectivity index (χ4v) is 2.86. The second-order valence-electron chi connectivity index (χ2n) is 4.31. The smallest absolute Gasteiger partial charge is 0.406 e. The van der Waals surface area contributed by atoms with Crippen LogP contribution in [0.4, 0.5) is 13.2 Å². The predicted molar refractivity (Wildman–Crippen MR) is 71.5 cm³/mol. The Morgan fingerprint density at radius 3 is 2.57 bits per heavy atom. The van der Waals surface area contributed by atoms with Crippen LogP contribution in [0.3, 0.4) is 0 Å². The highest BCUT2D eigenvalue weighted by Gasteiger charge is 2.31. The zero-order valence-corrected chi connectivity index (χ0v) is 12.5. The van der Waals surface area contributed by atoms with Crippen LogP contribution in [0.15, 0.2) is 29.2 Å². The first kappa shape index (κ1) is 17.7. The summed E-state index contributed by atoms with van der Waals surface area (Å²) in [5.74, 6) is -0.563. The van der Waals surface area contributed by atoms with Crippen molar-refractivity contribution in [3.8, 4) is 5.75 Å². The van der Waals surface area contributed by atoms with Crippen LogP contribution in [-0.4, -0.2) is 46.3 Å². The lowest BCUT2D eigenvalue weighted by molar-refractivity contribution is -0.274. The van der Waals surface area contributed by atoms with Crippen LogP contribution >= 0.6 is 0 Å². The third-order valence-electron chi connectivity index (χ3n) is 2.65. The first-order valence-corrected chi connectivity index (χ1v) is 7.57. The molecule has 0 saturated carbocycles. The molecule has 1 rings (SSSR count). The molecule has 0 aliphatic rings. The van der Waals surface area contributed by atoms with Gasteiger partial charge in [-0.1, -0.05) is 6.07 Å². The molecule has 0 radical (unpaired) electrons. The van der Waals surface area contributed by atoms with Gasteiger partial charge in [0.25, 0.3) is 0 Å². The molecule has 0 atom stereocenters. The van der Waals surface area contributed by atoms with Crippen molar-refractivity contribution in [2.24, 2.45) is 0 Å². The first-order chi connectivity index (χ1) is 9.66. The third kappa shape index (κ3) is 5.52. The van der Waals surface area contributed by atoms with Gasteiger partial charge in [0.2, 0.25) is 10.0 Å². The second kappa shape index (κ2) is 7.10. The number of nitrogens with one attached hydrogen (secondary N) is 1. The quantitative estimate of drug-likeness (QED) is 0.777. The Labute approximate surface area is 121 Å². The van der Waals surface area contributed by atoms with Crippen molar-refractivity contribution in [3.05, 3.63) is 24.3 Å². The highest BCUT2D eigenvalue weighted by molar-refractivity contribution is 7.89. The van der Waals surface area contributed by atoms with E-state index in [1.54, 1.807) is 7.05 Å². The van der Waals surface area contributed by atoms with Crippen molar-refractivity contribution in [2.75, 3.05) is 27.2 Å². The average molecular weight is 326 g/mol. The first-order valence-electron chi connectivity index (χ1n) is 6.13. The minimum atomic E-state index is -4.86. The Morgan fingerprint density at radius 1 is 1.33 bits per heavy atom. The highest BCUT2D eigenvalue weighted by atomic mass is 32.2. The van der Waals surface area contributed by atoms with E-state index in [1.807, 2.05) is 0 Å². The van der Waals surface area contributed by atoms with Gasteiger partial charge in [-0.15, -0.1) is 13.2 Å². The summed E-state index contributed by atoms with van der Waals surface area (Å²) >= 11 is 0. The normalized spacial score (nSPS) is 12.7. The number of halogens is 3. The Morgan fingerprint density at radius 2 is 2.00 bits per heavy atom. The Kier molecular flexibility index (Phi) is 5.99. The van der Waals surface area contributed by atoms with Crippen molar-refractivity contribution < 1.29 is 26.3 Å². The third-order valence-corrected chi connectivity index (χ3v) is 4.50. The molecule has 5 nitrogen and oxygen atoms in total. The maximum absolute atomic E-state index is 12.2. The van der Waals surface area contributed by atoms with Crippen LogP contribution in [0.2, 0.25) is 0 Å². The van der Waals surface area contributed by atoms with Gasteiger partial charge in [-0.2, -0.15) is 0 Å². The van der Waals surface area contributed by atoms with Crippen molar-refractivity contribution in [1.29, 1.82) is 0 Å². The van der Waals surface area contributed by atoms with Crippen LogP contribution in [0.25, 0.3) is 0 Å². The van der Waals surface area contributed by atoms with Crippen molar-refractivity contribution in [1.82, 2.24) is 9.62 Å². The number of alkyl halides is 3. The van der Waals surface area contributed by atoms with Gasteiger partial charge >= 0.3 is 6.36 Å². The molecule has 0 bridgehead atoms. The molecule has 120 valence electrons. The van der Waals surface area contributed by atoms with Gasteiger partial charge in [0.15, 0.2) is 0 Å². The molecule has 0 spiro atoms. The summed E-state index contributed by atoms with van der Waals surface area (Å²) in [6.45, 7) is 0.893. The van der Waals surface area contributed by atoms with Crippen LogP contribution in [0, 0.1) is 0 Å². The van der Waals surface area contributed by atoms with Crippen molar-refractivity contribution in [3.63, 3.8) is 0 Å². The van der Waals surface area contributed by atoms with Gasteiger partial charge in [0.05, 0.1) is 4.90 Å². The SMILES string of the molecule is CNCCCN(C)S(=O)(=O)c1cccc(OC(F)(F)F)c1. The van der Waals surface area contributed by atoms with E-state index in [1.165, 1.54) is 19.2 Å². The van der Waals surface area contributed by atoms with Crippen molar-refractivity contribution in [2.45, 2.75) is 17.7 Å². The second-order valence-corrected chi connectivity index (χ2v) is 6.35. The van der Waals surface area contributed by atoms with E-state index in [2.05, 4.69) is 10.1 Å². The summed E-state index contributed by atoms with van der Waals surface area (Å²) in [7, 11) is -0.720. The number of hydrogen-bond donors (Lipinski definition) is 1. The summed E-state index contributed by atoms with van der Waals surface area (Å²) in [6, 6.07) is 4.34. The van der Waals surface area contributed by atoms with E-state index in [-0.39, 0.29) is 11.4 Å². The zero-order chi connectivity index (χ0) is 16.1. The molecule has 0 aliphatic heterocycles. The fourth-order valence-electron chi connectivity index (χ4n) is 1.61. The Hall–Kier alpha value is -1.32. The topological polar surface area (TPSA) is 58.6 Å². The molecule has 0 aromatic heterocycles. The van der Waals surface area contributed by atoms with Gasteiger partial charge in [-0.05, 0) is 32.1 Å². The lowest BCUT2D eigenvalue weighted by Gasteiger charge is -2.17. The van der Waals surface area contributed by atoms with E-state index in [4.69, 9.17) is 0 Å². The molecule has 0 heterocycles. The van der Waals surface area contributed by atoms with Gasteiger partial charge in [0, 0.05) is 19.7 Å². The van der Waals surface area contributed by atoms with Gasteiger partial charge in [0.1, 0.15) is 5.75 Å². The summed E-state index contributed by atoms with van der Waals surface area (Å²) in [5.41, 5.74) is 0. The lowest BCUT2D eigenvalue weighted by Crippen LogP contribution is -2.29. The van der Waals surface area contributed by atoms with Crippen LogP contribution < -0.4 is 10.1 Å². The van der Waals surface area contributed by atoms with Crippen LogP contribution in [-0.2, 0) is 10.0 Å². The summed E-state index contributed by atoms with van der Waals surface area (Å²) in [4.78, 5) is -0.240. The van der Waals surface area contributed by atoms with E-state index in [9.17, 15) is 21.6 Å². The molecule has 0 aliphatic carbocycles. The molecule has 0 saturated heterocycles. The number of benzene rings is 1. The number of sulfonamides is 1. The van der Waals surface area contributed by atoms with Crippen LogP contribution in [0.5, 0.6) is 5.75 Å². The molecule has 21 heavy (non-hydrogen) atoms. The number of hydrogen-bond acceptors (Lipinski definition) is 4. The molecule has 0 unspecified atom stereocenters. The fraction of sp³-hybridized carbons (Fsp3) is 0.500. The average Bonchev–Trinajstić information content (AvgIpc) is 2.37. The molecular formula is C12H17F3N2O3S. The molecule has 1 N–H and O–H groups in total. The largest absolute Gasteiger partial charge is 0.573 e. The van der Waals surface area contributed by atoms with Gasteiger partial charge < -0.3 is 10.1 Å². The minimum absolute atomic E-state index is 0.240. The molecule has 1 aromatic rings. The Balaban J connectivity index is 2.90. The molecule has 9 heteroatoms. The molecular weight excluding hydrogens is 309 g/mol. The van der Waals surface area contributed by atoms with Gasteiger partial charge in [-0.3, -0.25) is 0 Å². The van der Waals surface area contributed by atoms with E-state index in [0.29, 0.717) is 13.0 Å². The monoisotopic (exact) mass is 326 g/mol. The highest BCUT2D eigenvalue weighted by Crippen LogP contribution is 2.25. The summed E-state index contributed by atoms with van der Waals surface area (Å²) < 4.78 is 65.7. The standard InChI is InChI=1S/C12H17F3N2O3S/c1-16-7-4-8-17(2)21(18,19)11-6-3-5-10(9-11)20-12(13,14)15/h3,5-6,9,16H,4,7-8H2,1-2H3. The predicted octanol–water partition coefficient (Wildman–Crippen LogP) is 1.82.